The first-order chi connectivity index (χ1) is 8.15. The Bertz CT molecular complexity index is 400. The van der Waals surface area contributed by atoms with Gasteiger partial charge in [0.15, 0.2) is 0 Å². The quantitative estimate of drug-likeness (QED) is 0.867. The number of nitrogens with one attached hydrogen (secondary N) is 2. The van der Waals surface area contributed by atoms with E-state index < -0.39 is 0 Å². The molecule has 0 radical (unpaired) electrons. The number of rotatable bonds is 2. The lowest BCUT2D eigenvalue weighted by Gasteiger charge is -2.22. The molecule has 1 atom stereocenters. The number of halogens is 2. The third-order valence-corrected chi connectivity index (χ3v) is 2.80. The Balaban J connectivity index is 2.01. The van der Waals surface area contributed by atoms with E-state index in [0.29, 0.717) is 35.5 Å². The summed E-state index contributed by atoms with van der Waals surface area (Å²) < 4.78 is 5.21. The molecule has 17 heavy (non-hydrogen) atoms. The van der Waals surface area contributed by atoms with E-state index in [2.05, 4.69) is 10.6 Å². The van der Waals surface area contributed by atoms with Gasteiger partial charge in [-0.1, -0.05) is 23.2 Å². The molecule has 1 heterocycles. The fourth-order valence-corrected chi connectivity index (χ4v) is 2.12. The van der Waals surface area contributed by atoms with E-state index in [0.717, 1.165) is 0 Å². The van der Waals surface area contributed by atoms with Crippen molar-refractivity contribution in [1.29, 1.82) is 0 Å². The van der Waals surface area contributed by atoms with Crippen LogP contribution in [0.15, 0.2) is 18.2 Å². The van der Waals surface area contributed by atoms with Crippen molar-refractivity contribution in [3.63, 3.8) is 0 Å². The Morgan fingerprint density at radius 2 is 2.06 bits per heavy atom. The minimum atomic E-state index is -0.332. The fraction of sp³-hybridized carbons (Fsp3) is 0.364. The highest BCUT2D eigenvalue weighted by atomic mass is 35.5. The number of hydrogen-bond acceptors (Lipinski definition) is 3. The molecule has 0 saturated carbocycles. The number of benzene rings is 1. The number of carbonyl (C=O) groups excluding carboxylic acids is 1. The first-order valence-electron chi connectivity index (χ1n) is 5.23. The van der Waals surface area contributed by atoms with Gasteiger partial charge < -0.3 is 15.4 Å². The van der Waals surface area contributed by atoms with E-state index in [4.69, 9.17) is 27.9 Å². The predicted octanol–water partition coefficient (Wildman–Crippen LogP) is 1.92. The van der Waals surface area contributed by atoms with Crippen LogP contribution in [0.2, 0.25) is 10.0 Å². The summed E-state index contributed by atoms with van der Waals surface area (Å²) in [5.41, 5.74) is 0.583. The fourth-order valence-electron chi connectivity index (χ4n) is 1.59. The number of hydrogen-bond donors (Lipinski definition) is 2. The maximum absolute atomic E-state index is 11.9. The van der Waals surface area contributed by atoms with Crippen LogP contribution in [0, 0.1) is 0 Å². The Morgan fingerprint density at radius 3 is 2.65 bits per heavy atom. The Hall–Kier alpha value is -0.810. The lowest BCUT2D eigenvalue weighted by Crippen LogP contribution is -2.48. The van der Waals surface area contributed by atoms with Crippen LogP contribution in [0.4, 0.5) is 5.69 Å². The van der Waals surface area contributed by atoms with Gasteiger partial charge in [-0.25, -0.2) is 0 Å². The largest absolute Gasteiger partial charge is 0.378 e. The molecule has 6 heteroatoms. The van der Waals surface area contributed by atoms with Crippen LogP contribution in [0.25, 0.3) is 0 Å². The molecule has 4 nitrogen and oxygen atoms in total. The summed E-state index contributed by atoms with van der Waals surface area (Å²) >= 11 is 11.7. The zero-order chi connectivity index (χ0) is 12.3. The number of carbonyl (C=O) groups is 1. The minimum Gasteiger partial charge on any atom is -0.378 e. The highest BCUT2D eigenvalue weighted by molar-refractivity contribution is 6.35. The van der Waals surface area contributed by atoms with Gasteiger partial charge in [0.1, 0.15) is 6.04 Å². The Kier molecular flexibility index (Phi) is 4.23. The van der Waals surface area contributed by atoms with Gasteiger partial charge in [-0.15, -0.1) is 0 Å². The number of ether oxygens (including phenoxy) is 1. The molecule has 0 aromatic heterocycles. The zero-order valence-corrected chi connectivity index (χ0v) is 10.5. The Morgan fingerprint density at radius 1 is 1.35 bits per heavy atom. The third-order valence-electron chi connectivity index (χ3n) is 2.37. The summed E-state index contributed by atoms with van der Waals surface area (Å²) in [4.78, 5) is 11.9. The summed E-state index contributed by atoms with van der Waals surface area (Å²) in [5, 5.41) is 6.78. The second kappa shape index (κ2) is 5.69. The van der Waals surface area contributed by atoms with Crippen LogP contribution in [0.5, 0.6) is 0 Å². The molecular weight excluding hydrogens is 263 g/mol. The molecule has 0 bridgehead atoms. The van der Waals surface area contributed by atoms with Crippen LogP contribution in [-0.4, -0.2) is 31.7 Å². The first kappa shape index (κ1) is 12.6. The van der Waals surface area contributed by atoms with E-state index in [1.165, 1.54) is 0 Å². The summed E-state index contributed by atoms with van der Waals surface area (Å²) in [6.45, 7) is 1.68. The van der Waals surface area contributed by atoms with Crippen molar-refractivity contribution in [2.24, 2.45) is 0 Å². The molecule has 1 unspecified atom stereocenters. The number of amides is 1. The summed E-state index contributed by atoms with van der Waals surface area (Å²) in [7, 11) is 0. The molecule has 0 aliphatic carbocycles. The standard InChI is InChI=1S/C11H12Cl2N2O2/c12-7-3-8(13)5-9(4-7)15-11(16)10-6-17-2-1-14-10/h3-5,10,14H,1-2,6H2,(H,15,16). The van der Waals surface area contributed by atoms with Crippen molar-refractivity contribution in [3.8, 4) is 0 Å². The van der Waals surface area contributed by atoms with Gasteiger partial charge in [0.05, 0.1) is 13.2 Å². The number of anilines is 1. The molecule has 1 aliphatic rings. The van der Waals surface area contributed by atoms with Gasteiger partial charge in [-0.3, -0.25) is 4.79 Å². The normalized spacial score (nSPS) is 20.0. The van der Waals surface area contributed by atoms with Crippen LogP contribution >= 0.6 is 23.2 Å². The van der Waals surface area contributed by atoms with Crippen molar-refractivity contribution in [2.75, 3.05) is 25.1 Å². The van der Waals surface area contributed by atoms with E-state index in [9.17, 15) is 4.79 Å². The van der Waals surface area contributed by atoms with Gasteiger partial charge in [0, 0.05) is 22.3 Å². The molecule has 0 spiro atoms. The topological polar surface area (TPSA) is 50.4 Å². The first-order valence-corrected chi connectivity index (χ1v) is 5.99. The van der Waals surface area contributed by atoms with E-state index in [1.54, 1.807) is 18.2 Å². The second-order valence-corrected chi connectivity index (χ2v) is 4.60. The predicted molar refractivity (Wildman–Crippen MR) is 67.7 cm³/mol. The van der Waals surface area contributed by atoms with Crippen molar-refractivity contribution in [1.82, 2.24) is 5.32 Å². The van der Waals surface area contributed by atoms with Gasteiger partial charge in [0.25, 0.3) is 0 Å². The molecule has 1 aliphatic heterocycles. The second-order valence-electron chi connectivity index (χ2n) is 3.73. The van der Waals surface area contributed by atoms with Crippen molar-refractivity contribution >= 4 is 34.8 Å². The van der Waals surface area contributed by atoms with E-state index >= 15 is 0 Å². The summed E-state index contributed by atoms with van der Waals surface area (Å²) in [6, 6.07) is 4.58. The lowest BCUT2D eigenvalue weighted by molar-refractivity contribution is -0.120. The molecule has 92 valence electrons. The smallest absolute Gasteiger partial charge is 0.243 e. The highest BCUT2D eigenvalue weighted by Gasteiger charge is 2.21. The molecule has 2 rings (SSSR count). The monoisotopic (exact) mass is 274 g/mol. The summed E-state index contributed by atoms with van der Waals surface area (Å²) in [5.74, 6) is -0.150. The van der Waals surface area contributed by atoms with E-state index in [1.807, 2.05) is 0 Å². The lowest BCUT2D eigenvalue weighted by atomic mass is 10.2. The minimum absolute atomic E-state index is 0.150. The van der Waals surface area contributed by atoms with Crippen LogP contribution in [-0.2, 0) is 9.53 Å². The van der Waals surface area contributed by atoms with Crippen molar-refractivity contribution in [3.05, 3.63) is 28.2 Å². The molecule has 1 aromatic carbocycles. The van der Waals surface area contributed by atoms with Gasteiger partial charge in [-0.05, 0) is 18.2 Å². The van der Waals surface area contributed by atoms with Crippen LogP contribution in [0.3, 0.4) is 0 Å². The third kappa shape index (κ3) is 3.57. The maximum Gasteiger partial charge on any atom is 0.243 e. The molecule has 1 saturated heterocycles. The van der Waals surface area contributed by atoms with Crippen molar-refractivity contribution < 1.29 is 9.53 Å². The maximum atomic E-state index is 11.9. The molecular formula is C11H12Cl2N2O2. The molecule has 1 aromatic rings. The van der Waals surface area contributed by atoms with Crippen LogP contribution in [0.1, 0.15) is 0 Å². The van der Waals surface area contributed by atoms with Crippen LogP contribution < -0.4 is 10.6 Å². The van der Waals surface area contributed by atoms with Gasteiger partial charge in [0.2, 0.25) is 5.91 Å². The van der Waals surface area contributed by atoms with Crippen molar-refractivity contribution in [2.45, 2.75) is 6.04 Å². The Labute approximate surface area is 109 Å². The van der Waals surface area contributed by atoms with Gasteiger partial charge >= 0.3 is 0 Å². The highest BCUT2D eigenvalue weighted by Crippen LogP contribution is 2.22. The molecule has 1 fully saturated rings. The SMILES string of the molecule is O=C(Nc1cc(Cl)cc(Cl)c1)C1COCCN1. The summed E-state index contributed by atoms with van der Waals surface area (Å²) in [6.07, 6.45) is 0. The molecule has 1 amide bonds. The van der Waals surface area contributed by atoms with E-state index in [-0.39, 0.29) is 11.9 Å². The average Bonchev–Trinajstić information content (AvgIpc) is 2.28. The number of morpholine rings is 1. The average molecular weight is 275 g/mol. The molecule has 2 N–H and O–H groups in total. The zero-order valence-electron chi connectivity index (χ0n) is 9.00. The van der Waals surface area contributed by atoms with Gasteiger partial charge in [-0.2, -0.15) is 0 Å².